The molecule has 2 unspecified atom stereocenters. The molecule has 2 N–H and O–H groups in total. The second-order valence-electron chi connectivity index (χ2n) is 2.00. The van der Waals surface area contributed by atoms with E-state index in [4.69, 9.17) is 14.9 Å². The van der Waals surface area contributed by atoms with E-state index in [0.29, 0.717) is 6.61 Å². The molecule has 0 aromatic carbocycles. The minimum atomic E-state index is -0.0972. The van der Waals surface area contributed by atoms with Gasteiger partial charge in [0, 0.05) is 5.92 Å². The number of rotatable bonds is 2. The molecule has 3 nitrogen and oxygen atoms in total. The summed E-state index contributed by atoms with van der Waals surface area (Å²) in [7, 11) is 0. The Morgan fingerprint density at radius 2 is 2.12 bits per heavy atom. The quantitative estimate of drug-likeness (QED) is 0.488. The van der Waals surface area contributed by atoms with E-state index in [9.17, 15) is 0 Å². The highest BCUT2D eigenvalue weighted by Crippen LogP contribution is 2.18. The molecule has 0 aromatic rings. The maximum Gasteiger partial charge on any atom is 0.0877 e. The summed E-state index contributed by atoms with van der Waals surface area (Å²) in [6.07, 6.45) is -0.0972. The van der Waals surface area contributed by atoms with Gasteiger partial charge in [-0.05, 0) is 0 Å². The van der Waals surface area contributed by atoms with Crippen molar-refractivity contribution in [1.82, 2.24) is 0 Å². The average molecular weight is 118 g/mol. The van der Waals surface area contributed by atoms with Gasteiger partial charge in [0.1, 0.15) is 0 Å². The van der Waals surface area contributed by atoms with Gasteiger partial charge < -0.3 is 14.9 Å². The Hall–Kier alpha value is -0.120. The van der Waals surface area contributed by atoms with Crippen LogP contribution in [0, 0.1) is 5.92 Å². The summed E-state index contributed by atoms with van der Waals surface area (Å²) in [5, 5.41) is 16.9. The molecule has 0 spiro atoms. The number of hydrogen-bond acceptors (Lipinski definition) is 3. The van der Waals surface area contributed by atoms with Crippen molar-refractivity contribution in [2.75, 3.05) is 19.8 Å². The van der Waals surface area contributed by atoms with Gasteiger partial charge in [0.15, 0.2) is 0 Å². The molecule has 48 valence electrons. The molecule has 1 heterocycles. The van der Waals surface area contributed by atoms with E-state index in [1.54, 1.807) is 0 Å². The Kier molecular flexibility index (Phi) is 1.83. The van der Waals surface area contributed by atoms with Crippen molar-refractivity contribution in [3.8, 4) is 0 Å². The fourth-order valence-electron chi connectivity index (χ4n) is 0.740. The highest BCUT2D eigenvalue weighted by molar-refractivity contribution is 4.76. The van der Waals surface area contributed by atoms with Gasteiger partial charge in [0.2, 0.25) is 0 Å². The maximum atomic E-state index is 8.50. The van der Waals surface area contributed by atoms with Crippen molar-refractivity contribution in [1.29, 1.82) is 0 Å². The lowest BCUT2D eigenvalue weighted by Crippen LogP contribution is -2.44. The molecule has 0 saturated carbocycles. The smallest absolute Gasteiger partial charge is 0.0877 e. The van der Waals surface area contributed by atoms with Gasteiger partial charge in [0.05, 0.1) is 25.9 Å². The van der Waals surface area contributed by atoms with Crippen molar-refractivity contribution in [3.63, 3.8) is 0 Å². The van der Waals surface area contributed by atoms with Crippen molar-refractivity contribution < 1.29 is 14.9 Å². The van der Waals surface area contributed by atoms with Crippen LogP contribution in [-0.4, -0.2) is 36.1 Å². The van der Waals surface area contributed by atoms with Gasteiger partial charge in [-0.15, -0.1) is 0 Å². The Labute approximate surface area is 47.9 Å². The molecular formula is C5H10O3. The highest BCUT2D eigenvalue weighted by Gasteiger charge is 2.30. The zero-order chi connectivity index (χ0) is 5.98. The van der Waals surface area contributed by atoms with Crippen LogP contribution >= 0.6 is 0 Å². The van der Waals surface area contributed by atoms with Crippen LogP contribution in [0.25, 0.3) is 0 Å². The third-order valence-corrected chi connectivity index (χ3v) is 1.46. The first-order valence-corrected chi connectivity index (χ1v) is 2.71. The summed E-state index contributed by atoms with van der Waals surface area (Å²) in [6.45, 7) is 0.762. The second kappa shape index (κ2) is 2.44. The van der Waals surface area contributed by atoms with E-state index in [2.05, 4.69) is 0 Å². The fourth-order valence-corrected chi connectivity index (χ4v) is 0.740. The predicted molar refractivity (Wildman–Crippen MR) is 27.4 cm³/mol. The lowest BCUT2D eigenvalue weighted by molar-refractivity contribution is -0.149. The summed E-state index contributed by atoms with van der Waals surface area (Å²) in [4.78, 5) is 0. The highest BCUT2D eigenvalue weighted by atomic mass is 16.5. The average Bonchev–Trinajstić information content (AvgIpc) is 1.66. The Bertz CT molecular complexity index is 60.1. The fraction of sp³-hybridized carbons (Fsp3) is 1.00. The van der Waals surface area contributed by atoms with Crippen LogP contribution < -0.4 is 0 Å². The molecule has 1 aliphatic heterocycles. The van der Waals surface area contributed by atoms with Crippen LogP contribution in [0.15, 0.2) is 0 Å². The first-order chi connectivity index (χ1) is 3.88. The normalized spacial score (nSPS) is 36.8. The molecule has 8 heavy (non-hydrogen) atoms. The molecule has 1 saturated heterocycles. The summed E-state index contributed by atoms with van der Waals surface area (Å²) < 4.78 is 4.87. The lowest BCUT2D eigenvalue weighted by atomic mass is 10.0. The largest absolute Gasteiger partial charge is 0.396 e. The van der Waals surface area contributed by atoms with E-state index < -0.39 is 0 Å². The first-order valence-electron chi connectivity index (χ1n) is 2.71. The van der Waals surface area contributed by atoms with Gasteiger partial charge in [-0.1, -0.05) is 0 Å². The van der Waals surface area contributed by atoms with Crippen LogP contribution in [-0.2, 0) is 4.74 Å². The standard InChI is InChI=1S/C5H10O3/c6-1-4-3-8-5(4)2-7/h4-7H,1-3H2. The minimum absolute atomic E-state index is 0.0330. The molecule has 3 heteroatoms. The van der Waals surface area contributed by atoms with E-state index in [1.807, 2.05) is 0 Å². The summed E-state index contributed by atoms with van der Waals surface area (Å²) >= 11 is 0. The Morgan fingerprint density at radius 3 is 2.25 bits per heavy atom. The van der Waals surface area contributed by atoms with Crippen LogP contribution in [0.5, 0.6) is 0 Å². The molecule has 0 amide bonds. The minimum Gasteiger partial charge on any atom is -0.396 e. The lowest BCUT2D eigenvalue weighted by Gasteiger charge is -2.33. The molecule has 0 bridgehead atoms. The number of hydrogen-bond donors (Lipinski definition) is 2. The zero-order valence-electron chi connectivity index (χ0n) is 4.58. The molecule has 0 aromatic heterocycles. The maximum absolute atomic E-state index is 8.50. The van der Waals surface area contributed by atoms with Gasteiger partial charge in [0.25, 0.3) is 0 Å². The Balaban J connectivity index is 2.16. The van der Waals surface area contributed by atoms with Gasteiger partial charge >= 0.3 is 0 Å². The third kappa shape index (κ3) is 0.844. The van der Waals surface area contributed by atoms with Gasteiger partial charge in [-0.3, -0.25) is 0 Å². The summed E-state index contributed by atoms with van der Waals surface area (Å²) in [5.41, 5.74) is 0. The molecular weight excluding hydrogens is 108 g/mol. The summed E-state index contributed by atoms with van der Waals surface area (Å²) in [5.74, 6) is 0.181. The molecule has 2 atom stereocenters. The van der Waals surface area contributed by atoms with E-state index in [-0.39, 0.29) is 25.2 Å². The van der Waals surface area contributed by atoms with Crippen molar-refractivity contribution in [3.05, 3.63) is 0 Å². The second-order valence-corrected chi connectivity index (χ2v) is 2.00. The molecule has 1 fully saturated rings. The van der Waals surface area contributed by atoms with E-state index in [0.717, 1.165) is 0 Å². The molecule has 1 rings (SSSR count). The predicted octanol–water partition coefficient (Wildman–Crippen LogP) is -1.01. The van der Waals surface area contributed by atoms with Gasteiger partial charge in [-0.25, -0.2) is 0 Å². The van der Waals surface area contributed by atoms with Crippen molar-refractivity contribution >= 4 is 0 Å². The Morgan fingerprint density at radius 1 is 1.38 bits per heavy atom. The topological polar surface area (TPSA) is 49.7 Å². The van der Waals surface area contributed by atoms with Crippen LogP contribution in [0.2, 0.25) is 0 Å². The van der Waals surface area contributed by atoms with E-state index in [1.165, 1.54) is 0 Å². The SMILES string of the molecule is OCC1COC1CO. The summed E-state index contributed by atoms with van der Waals surface area (Å²) in [6, 6.07) is 0. The molecule has 0 aliphatic carbocycles. The van der Waals surface area contributed by atoms with Crippen molar-refractivity contribution in [2.45, 2.75) is 6.10 Å². The monoisotopic (exact) mass is 118 g/mol. The van der Waals surface area contributed by atoms with Gasteiger partial charge in [-0.2, -0.15) is 0 Å². The van der Waals surface area contributed by atoms with Crippen molar-refractivity contribution in [2.24, 2.45) is 5.92 Å². The van der Waals surface area contributed by atoms with Crippen LogP contribution in [0.4, 0.5) is 0 Å². The third-order valence-electron chi connectivity index (χ3n) is 1.46. The number of aliphatic hydroxyl groups is 2. The van der Waals surface area contributed by atoms with Crippen LogP contribution in [0.3, 0.4) is 0 Å². The first kappa shape index (κ1) is 6.01. The van der Waals surface area contributed by atoms with Crippen LogP contribution in [0.1, 0.15) is 0 Å². The zero-order valence-corrected chi connectivity index (χ0v) is 4.58. The van der Waals surface area contributed by atoms with E-state index >= 15 is 0 Å². The number of ether oxygens (including phenoxy) is 1. The molecule has 1 aliphatic rings. The molecule has 0 radical (unpaired) electrons. The number of aliphatic hydroxyl groups excluding tert-OH is 2.